The Kier molecular flexibility index (Phi) is 4.06. The summed E-state index contributed by atoms with van der Waals surface area (Å²) in [7, 11) is 0. The Morgan fingerprint density at radius 3 is 3.00 bits per heavy atom. The first-order valence-electron chi connectivity index (χ1n) is 5.73. The summed E-state index contributed by atoms with van der Waals surface area (Å²) in [6, 6.07) is 3.66. The number of amides is 1. The zero-order chi connectivity index (χ0) is 13.8. The molecule has 1 heterocycles. The smallest absolute Gasteiger partial charge is 0.269 e. The van der Waals surface area contributed by atoms with E-state index in [0.29, 0.717) is 17.0 Å². The number of aromatic hydroxyl groups is 1. The number of carbonyl (C=O) groups excluding carboxylic acids is 1. The van der Waals surface area contributed by atoms with Gasteiger partial charge in [-0.3, -0.25) is 4.79 Å². The van der Waals surface area contributed by atoms with Crippen molar-refractivity contribution in [1.82, 2.24) is 9.59 Å². The van der Waals surface area contributed by atoms with Gasteiger partial charge in [0.2, 0.25) is 0 Å². The highest BCUT2D eigenvalue weighted by molar-refractivity contribution is 7.08. The van der Waals surface area contributed by atoms with E-state index in [4.69, 9.17) is 5.11 Å². The standard InChI is InChI=1S/C12H12FN3O2S/c1-2-3-9-11(19-16-15-9)12(18)14-7-4-5-10(17)8(13)6-7/h4-6,17H,2-3H2,1H3,(H,14,18). The third-order valence-corrected chi connectivity index (χ3v) is 3.22. The van der Waals surface area contributed by atoms with E-state index in [-0.39, 0.29) is 11.6 Å². The van der Waals surface area contributed by atoms with Crippen LogP contribution in [0.25, 0.3) is 0 Å². The van der Waals surface area contributed by atoms with E-state index in [1.807, 2.05) is 6.92 Å². The summed E-state index contributed by atoms with van der Waals surface area (Å²) >= 11 is 1.01. The molecule has 2 rings (SSSR count). The van der Waals surface area contributed by atoms with Crippen molar-refractivity contribution in [1.29, 1.82) is 0 Å². The van der Waals surface area contributed by atoms with E-state index in [0.717, 1.165) is 24.0 Å². The normalized spacial score (nSPS) is 10.4. The van der Waals surface area contributed by atoms with Crippen LogP contribution in [0, 0.1) is 5.82 Å². The Hall–Kier alpha value is -2.02. The maximum atomic E-state index is 13.1. The van der Waals surface area contributed by atoms with Crippen LogP contribution in [-0.4, -0.2) is 20.6 Å². The van der Waals surface area contributed by atoms with Gasteiger partial charge >= 0.3 is 0 Å². The first-order valence-corrected chi connectivity index (χ1v) is 6.50. The summed E-state index contributed by atoms with van der Waals surface area (Å²) in [4.78, 5) is 12.4. The average molecular weight is 281 g/mol. The van der Waals surface area contributed by atoms with Gasteiger partial charge in [-0.2, -0.15) is 0 Å². The van der Waals surface area contributed by atoms with Gasteiger partial charge in [-0.15, -0.1) is 5.10 Å². The number of nitrogens with zero attached hydrogens (tertiary/aromatic N) is 2. The minimum absolute atomic E-state index is 0.274. The molecule has 0 spiro atoms. The second-order valence-electron chi connectivity index (χ2n) is 3.92. The Bertz CT molecular complexity index is 600. The monoisotopic (exact) mass is 281 g/mol. The molecule has 100 valence electrons. The second-order valence-corrected chi connectivity index (χ2v) is 4.67. The molecular formula is C12H12FN3O2S. The maximum Gasteiger partial charge on any atom is 0.269 e. The predicted molar refractivity (Wildman–Crippen MR) is 69.9 cm³/mol. The van der Waals surface area contributed by atoms with Gasteiger partial charge in [0.15, 0.2) is 11.6 Å². The minimum Gasteiger partial charge on any atom is -0.505 e. The second kappa shape index (κ2) is 5.75. The summed E-state index contributed by atoms with van der Waals surface area (Å²) < 4.78 is 16.9. The van der Waals surface area contributed by atoms with Gasteiger partial charge in [0.1, 0.15) is 4.88 Å². The van der Waals surface area contributed by atoms with Crippen molar-refractivity contribution in [2.75, 3.05) is 5.32 Å². The molecule has 0 saturated carbocycles. The zero-order valence-corrected chi connectivity index (χ0v) is 11.0. The Balaban J connectivity index is 2.16. The van der Waals surface area contributed by atoms with Gasteiger partial charge in [-0.05, 0) is 30.1 Å². The van der Waals surface area contributed by atoms with Crippen LogP contribution in [0.2, 0.25) is 0 Å². The maximum absolute atomic E-state index is 13.1. The molecule has 1 aromatic carbocycles. The molecule has 1 amide bonds. The summed E-state index contributed by atoms with van der Waals surface area (Å²) in [5.41, 5.74) is 0.917. The molecule has 19 heavy (non-hydrogen) atoms. The summed E-state index contributed by atoms with van der Waals surface area (Å²) in [6.45, 7) is 1.98. The number of benzene rings is 1. The van der Waals surface area contributed by atoms with Crippen LogP contribution in [0.15, 0.2) is 18.2 Å². The number of halogens is 1. The summed E-state index contributed by atoms with van der Waals surface area (Å²) in [6.07, 6.45) is 1.53. The van der Waals surface area contributed by atoms with Gasteiger partial charge in [0.05, 0.1) is 5.69 Å². The molecule has 0 radical (unpaired) electrons. The Labute approximate surface area is 113 Å². The number of hydrogen-bond donors (Lipinski definition) is 2. The lowest BCUT2D eigenvalue weighted by Crippen LogP contribution is -2.12. The van der Waals surface area contributed by atoms with Crippen molar-refractivity contribution in [2.24, 2.45) is 0 Å². The molecule has 0 unspecified atom stereocenters. The first kappa shape index (κ1) is 13.4. The van der Waals surface area contributed by atoms with Gasteiger partial charge in [0, 0.05) is 11.8 Å². The van der Waals surface area contributed by atoms with Crippen molar-refractivity contribution < 1.29 is 14.3 Å². The number of carbonyl (C=O) groups is 1. The van der Waals surface area contributed by atoms with E-state index < -0.39 is 11.6 Å². The molecule has 0 aliphatic carbocycles. The largest absolute Gasteiger partial charge is 0.505 e. The van der Waals surface area contributed by atoms with Gasteiger partial charge in [-0.25, -0.2) is 4.39 Å². The molecule has 5 nitrogen and oxygen atoms in total. The highest BCUT2D eigenvalue weighted by atomic mass is 32.1. The molecule has 1 aromatic heterocycles. The lowest BCUT2D eigenvalue weighted by molar-refractivity contribution is 0.102. The number of rotatable bonds is 4. The zero-order valence-electron chi connectivity index (χ0n) is 10.2. The van der Waals surface area contributed by atoms with E-state index in [1.54, 1.807) is 0 Å². The van der Waals surface area contributed by atoms with E-state index >= 15 is 0 Å². The van der Waals surface area contributed by atoms with E-state index in [9.17, 15) is 9.18 Å². The van der Waals surface area contributed by atoms with Crippen LogP contribution in [0.1, 0.15) is 28.7 Å². The number of aryl methyl sites for hydroxylation is 1. The molecule has 0 aliphatic heterocycles. The summed E-state index contributed by atoms with van der Waals surface area (Å²) in [5, 5.41) is 15.5. The van der Waals surface area contributed by atoms with Crippen LogP contribution in [0.5, 0.6) is 5.75 Å². The Morgan fingerprint density at radius 2 is 2.32 bits per heavy atom. The highest BCUT2D eigenvalue weighted by Crippen LogP contribution is 2.21. The third kappa shape index (κ3) is 3.05. The third-order valence-electron chi connectivity index (χ3n) is 2.45. The number of anilines is 1. The van der Waals surface area contributed by atoms with Crippen molar-refractivity contribution in [2.45, 2.75) is 19.8 Å². The predicted octanol–water partition coefficient (Wildman–Crippen LogP) is 2.59. The average Bonchev–Trinajstić information content (AvgIpc) is 2.83. The van der Waals surface area contributed by atoms with Crippen molar-refractivity contribution in [3.05, 3.63) is 34.6 Å². The number of hydrogen-bond acceptors (Lipinski definition) is 5. The fourth-order valence-electron chi connectivity index (χ4n) is 1.55. The van der Waals surface area contributed by atoms with Crippen LogP contribution < -0.4 is 5.32 Å². The quantitative estimate of drug-likeness (QED) is 0.845. The lowest BCUT2D eigenvalue weighted by atomic mass is 10.2. The molecule has 0 bridgehead atoms. The number of phenols is 1. The van der Waals surface area contributed by atoms with E-state index in [1.165, 1.54) is 12.1 Å². The number of nitrogens with one attached hydrogen (secondary N) is 1. The van der Waals surface area contributed by atoms with Crippen molar-refractivity contribution in [3.8, 4) is 5.75 Å². The highest BCUT2D eigenvalue weighted by Gasteiger charge is 2.16. The molecule has 7 heteroatoms. The lowest BCUT2D eigenvalue weighted by Gasteiger charge is -2.05. The van der Waals surface area contributed by atoms with Crippen LogP contribution in [0.4, 0.5) is 10.1 Å². The molecule has 2 aromatic rings. The van der Waals surface area contributed by atoms with E-state index in [2.05, 4.69) is 14.9 Å². The Morgan fingerprint density at radius 1 is 1.53 bits per heavy atom. The van der Waals surface area contributed by atoms with Crippen molar-refractivity contribution >= 4 is 23.1 Å². The topological polar surface area (TPSA) is 75.1 Å². The van der Waals surface area contributed by atoms with Crippen LogP contribution >= 0.6 is 11.5 Å². The fourth-order valence-corrected chi connectivity index (χ4v) is 2.16. The molecular weight excluding hydrogens is 269 g/mol. The van der Waals surface area contributed by atoms with Crippen molar-refractivity contribution in [3.63, 3.8) is 0 Å². The molecule has 2 N–H and O–H groups in total. The molecule has 0 fully saturated rings. The summed E-state index contributed by atoms with van der Waals surface area (Å²) in [5.74, 6) is -1.61. The van der Waals surface area contributed by atoms with Gasteiger partial charge in [0.25, 0.3) is 5.91 Å². The molecule has 0 saturated heterocycles. The van der Waals surface area contributed by atoms with Gasteiger partial charge in [-0.1, -0.05) is 17.8 Å². The fraction of sp³-hybridized carbons (Fsp3) is 0.250. The van der Waals surface area contributed by atoms with Crippen LogP contribution in [-0.2, 0) is 6.42 Å². The first-order chi connectivity index (χ1) is 9.11. The molecule has 0 aliphatic rings. The SMILES string of the molecule is CCCc1nnsc1C(=O)Nc1ccc(O)c(F)c1. The minimum atomic E-state index is -0.783. The van der Waals surface area contributed by atoms with Gasteiger partial charge < -0.3 is 10.4 Å². The number of phenolic OH excluding ortho intramolecular Hbond substituents is 1. The van der Waals surface area contributed by atoms with Crippen LogP contribution in [0.3, 0.4) is 0 Å². The molecule has 0 atom stereocenters. The number of aromatic nitrogens is 2.